The maximum atomic E-state index is 12.8. The fourth-order valence-electron chi connectivity index (χ4n) is 2.58. The van der Waals surface area contributed by atoms with Gasteiger partial charge in [-0.3, -0.25) is 4.98 Å². The summed E-state index contributed by atoms with van der Waals surface area (Å²) in [6.07, 6.45) is -3.92. The van der Waals surface area contributed by atoms with Crippen molar-refractivity contribution in [1.29, 1.82) is 0 Å². The van der Waals surface area contributed by atoms with Crippen molar-refractivity contribution in [3.8, 4) is 0 Å². The molecule has 30 heavy (non-hydrogen) atoms. The number of pyridine rings is 1. The molecule has 0 aliphatic carbocycles. The number of anilines is 2. The highest BCUT2D eigenvalue weighted by Gasteiger charge is 2.32. The van der Waals surface area contributed by atoms with Crippen LogP contribution in [0, 0.1) is 0 Å². The van der Waals surface area contributed by atoms with Crippen molar-refractivity contribution in [2.24, 2.45) is 0 Å². The number of nitrogens with zero attached hydrogens (tertiary/aromatic N) is 4. The fourth-order valence-corrected chi connectivity index (χ4v) is 2.75. The Morgan fingerprint density at radius 1 is 1.23 bits per heavy atom. The molecule has 14 heteroatoms. The SMILES string of the molecule is CC(OC(F)F)c1c(NC(=O)Nc2ccnc(C(F)(F)F)c2)cnc2cc(Cl)nn12. The smallest absolute Gasteiger partial charge is 0.313 e. The molecule has 0 aliphatic rings. The van der Waals surface area contributed by atoms with Crippen molar-refractivity contribution in [2.75, 3.05) is 10.6 Å². The van der Waals surface area contributed by atoms with Gasteiger partial charge in [0.15, 0.2) is 10.8 Å². The topological polar surface area (TPSA) is 93.4 Å². The first-order chi connectivity index (χ1) is 14.0. The van der Waals surface area contributed by atoms with Gasteiger partial charge in [0.05, 0.1) is 17.6 Å². The fraction of sp³-hybridized carbons (Fsp3) is 0.250. The molecule has 2 N–H and O–H groups in total. The number of carbonyl (C=O) groups excluding carboxylic acids is 1. The quantitative estimate of drug-likeness (QED) is 0.548. The van der Waals surface area contributed by atoms with Gasteiger partial charge in [-0.15, -0.1) is 0 Å². The molecule has 160 valence electrons. The van der Waals surface area contributed by atoms with E-state index >= 15 is 0 Å². The van der Waals surface area contributed by atoms with Crippen LogP contribution in [0.15, 0.2) is 30.6 Å². The molecule has 0 radical (unpaired) electrons. The second kappa shape index (κ2) is 8.36. The average molecular weight is 451 g/mol. The molecule has 8 nitrogen and oxygen atoms in total. The van der Waals surface area contributed by atoms with E-state index in [1.165, 1.54) is 13.0 Å². The number of rotatable bonds is 5. The summed E-state index contributed by atoms with van der Waals surface area (Å²) in [5, 5.41) is 8.47. The highest BCUT2D eigenvalue weighted by Crippen LogP contribution is 2.30. The summed E-state index contributed by atoms with van der Waals surface area (Å²) in [5.74, 6) is 0. The number of urea groups is 1. The average Bonchev–Trinajstić information content (AvgIpc) is 3.00. The van der Waals surface area contributed by atoms with Crippen LogP contribution in [0.1, 0.15) is 24.4 Å². The summed E-state index contributed by atoms with van der Waals surface area (Å²) in [5.41, 5.74) is -1.26. The van der Waals surface area contributed by atoms with Crippen LogP contribution in [0.2, 0.25) is 5.15 Å². The molecule has 0 aliphatic heterocycles. The largest absolute Gasteiger partial charge is 0.433 e. The molecule has 3 aromatic heterocycles. The third-order valence-corrected chi connectivity index (χ3v) is 3.92. The maximum absolute atomic E-state index is 12.8. The second-order valence-electron chi connectivity index (χ2n) is 5.84. The van der Waals surface area contributed by atoms with E-state index in [1.54, 1.807) is 0 Å². The first-order valence-electron chi connectivity index (χ1n) is 8.13. The Kier molecular flexibility index (Phi) is 6.03. The number of aromatic nitrogens is 4. The van der Waals surface area contributed by atoms with Crippen LogP contribution in [0.3, 0.4) is 0 Å². The maximum Gasteiger partial charge on any atom is 0.433 e. The van der Waals surface area contributed by atoms with Gasteiger partial charge in [-0.2, -0.15) is 27.1 Å². The monoisotopic (exact) mass is 450 g/mol. The molecule has 3 aromatic rings. The van der Waals surface area contributed by atoms with Crippen LogP contribution in [0.5, 0.6) is 0 Å². The van der Waals surface area contributed by atoms with Crippen LogP contribution < -0.4 is 10.6 Å². The van der Waals surface area contributed by atoms with Crippen molar-refractivity contribution >= 4 is 34.7 Å². The van der Waals surface area contributed by atoms with Gasteiger partial charge in [-0.1, -0.05) is 11.6 Å². The van der Waals surface area contributed by atoms with Gasteiger partial charge in [0, 0.05) is 18.0 Å². The number of hydrogen-bond acceptors (Lipinski definition) is 5. The molecule has 1 unspecified atom stereocenters. The van der Waals surface area contributed by atoms with Gasteiger partial charge < -0.3 is 15.4 Å². The minimum Gasteiger partial charge on any atom is -0.313 e. The molecule has 0 saturated heterocycles. The number of halogens is 6. The van der Waals surface area contributed by atoms with Gasteiger partial charge >= 0.3 is 18.8 Å². The van der Waals surface area contributed by atoms with Gasteiger partial charge in [0.2, 0.25) is 0 Å². The van der Waals surface area contributed by atoms with E-state index in [9.17, 15) is 26.7 Å². The molecule has 3 rings (SSSR count). The van der Waals surface area contributed by atoms with E-state index in [1.807, 2.05) is 0 Å². The van der Waals surface area contributed by atoms with Crippen LogP contribution in [-0.4, -0.2) is 32.2 Å². The number of amides is 2. The Morgan fingerprint density at radius 3 is 2.63 bits per heavy atom. The Bertz CT molecular complexity index is 1070. The lowest BCUT2D eigenvalue weighted by molar-refractivity contribution is -0.160. The molecule has 0 spiro atoms. The third-order valence-electron chi connectivity index (χ3n) is 3.74. The van der Waals surface area contributed by atoms with Crippen LogP contribution in [0.4, 0.5) is 38.1 Å². The lowest BCUT2D eigenvalue weighted by atomic mass is 10.2. The van der Waals surface area contributed by atoms with E-state index in [2.05, 4.69) is 30.4 Å². The summed E-state index contributed by atoms with van der Waals surface area (Å²) in [4.78, 5) is 19.5. The van der Waals surface area contributed by atoms with Crippen molar-refractivity contribution < 1.29 is 31.5 Å². The summed E-state index contributed by atoms with van der Waals surface area (Å²) >= 11 is 5.82. The highest BCUT2D eigenvalue weighted by atomic mass is 35.5. The zero-order chi connectivity index (χ0) is 22.1. The molecular formula is C16H12ClF5N6O2. The summed E-state index contributed by atoms with van der Waals surface area (Å²) in [6.45, 7) is -1.83. The molecule has 0 fully saturated rings. The van der Waals surface area contributed by atoms with Crippen LogP contribution in [-0.2, 0) is 10.9 Å². The van der Waals surface area contributed by atoms with Gasteiger partial charge in [0.1, 0.15) is 11.8 Å². The van der Waals surface area contributed by atoms with Crippen molar-refractivity contribution in [3.63, 3.8) is 0 Å². The standard InChI is InChI=1S/C16H12ClF5N6O2/c1-7(30-14(18)19)13-9(6-24-12-5-11(17)27-28(12)13)26-15(29)25-8-2-3-23-10(4-8)16(20,21)22/h2-7,14H,1H3,(H2,23,25,26,29). The Balaban J connectivity index is 1.89. The minimum absolute atomic E-state index is 0.00643. The molecule has 1 atom stereocenters. The van der Waals surface area contributed by atoms with E-state index in [-0.39, 0.29) is 27.9 Å². The zero-order valence-electron chi connectivity index (χ0n) is 14.9. The van der Waals surface area contributed by atoms with E-state index in [0.29, 0.717) is 6.07 Å². The molecule has 0 bridgehead atoms. The van der Waals surface area contributed by atoms with Gasteiger partial charge in [0.25, 0.3) is 0 Å². The minimum atomic E-state index is -4.70. The number of nitrogens with one attached hydrogen (secondary N) is 2. The Morgan fingerprint density at radius 2 is 1.97 bits per heavy atom. The van der Waals surface area contributed by atoms with Crippen LogP contribution >= 0.6 is 11.6 Å². The number of fused-ring (bicyclic) bond motifs is 1. The molecule has 3 heterocycles. The predicted octanol–water partition coefficient (Wildman–Crippen LogP) is 4.74. The summed E-state index contributed by atoms with van der Waals surface area (Å²) in [7, 11) is 0. The van der Waals surface area contributed by atoms with Crippen LogP contribution in [0.25, 0.3) is 5.65 Å². The Hall–Kier alpha value is -3.06. The lowest BCUT2D eigenvalue weighted by Crippen LogP contribution is -2.23. The van der Waals surface area contributed by atoms with Gasteiger partial charge in [-0.25, -0.2) is 14.3 Å². The normalized spacial score (nSPS) is 12.9. The highest BCUT2D eigenvalue weighted by molar-refractivity contribution is 6.29. The van der Waals surface area contributed by atoms with Crippen molar-refractivity contribution in [3.05, 3.63) is 47.1 Å². The molecule has 2 amide bonds. The third kappa shape index (κ3) is 4.91. The van der Waals surface area contributed by atoms with Crippen molar-refractivity contribution in [1.82, 2.24) is 19.6 Å². The number of hydrogen-bond donors (Lipinski definition) is 2. The second-order valence-corrected chi connectivity index (χ2v) is 6.23. The lowest BCUT2D eigenvalue weighted by Gasteiger charge is -2.18. The number of ether oxygens (including phenoxy) is 1. The first-order valence-corrected chi connectivity index (χ1v) is 8.51. The van der Waals surface area contributed by atoms with E-state index < -0.39 is 30.6 Å². The van der Waals surface area contributed by atoms with Gasteiger partial charge in [-0.05, 0) is 19.1 Å². The first kappa shape index (κ1) is 21.6. The molecule has 0 saturated carbocycles. The summed E-state index contributed by atoms with van der Waals surface area (Å²) in [6, 6.07) is 2.18. The predicted molar refractivity (Wildman–Crippen MR) is 95.4 cm³/mol. The zero-order valence-corrected chi connectivity index (χ0v) is 15.7. The number of carbonyl (C=O) groups is 1. The molecular weight excluding hydrogens is 439 g/mol. The molecule has 0 aromatic carbocycles. The Labute approximate surface area is 170 Å². The van der Waals surface area contributed by atoms with Crippen molar-refractivity contribution in [2.45, 2.75) is 25.8 Å². The van der Waals surface area contributed by atoms with E-state index in [4.69, 9.17) is 11.6 Å². The summed E-state index contributed by atoms with van der Waals surface area (Å²) < 4.78 is 69.3. The van der Waals surface area contributed by atoms with E-state index in [0.717, 1.165) is 23.0 Å². The number of alkyl halides is 5.